The fourth-order valence-electron chi connectivity index (χ4n) is 2.98. The number of hydrogen-bond acceptors (Lipinski definition) is 3. The van der Waals surface area contributed by atoms with Crippen LogP contribution in [-0.4, -0.2) is 36.4 Å². The lowest BCUT2D eigenvalue weighted by atomic mass is 9.95. The van der Waals surface area contributed by atoms with Gasteiger partial charge in [-0.25, -0.2) is 4.39 Å². The Balaban J connectivity index is 1.59. The van der Waals surface area contributed by atoms with Crippen molar-refractivity contribution in [2.45, 2.75) is 32.3 Å². The summed E-state index contributed by atoms with van der Waals surface area (Å²) in [7, 11) is 0. The molecule has 1 aromatic carbocycles. The third-order valence-electron chi connectivity index (χ3n) is 4.52. The Bertz CT molecular complexity index is 657. The Labute approximate surface area is 143 Å². The topological polar surface area (TPSA) is 58.6 Å². The molecule has 1 N–H and O–H groups in total. The van der Waals surface area contributed by atoms with E-state index in [-0.39, 0.29) is 35.1 Å². The molecule has 1 saturated carbocycles. The van der Waals surface area contributed by atoms with Gasteiger partial charge in [-0.05, 0) is 37.8 Å². The minimum absolute atomic E-state index is 0.123. The normalized spacial score (nSPS) is 18.3. The van der Waals surface area contributed by atoms with Crippen molar-refractivity contribution < 1.29 is 27.5 Å². The molecule has 0 spiro atoms. The van der Waals surface area contributed by atoms with Crippen LogP contribution in [0.3, 0.4) is 0 Å². The summed E-state index contributed by atoms with van der Waals surface area (Å²) in [6.45, 7) is -2.08. The molecular weight excluding hydrogens is 337 g/mol. The summed E-state index contributed by atoms with van der Waals surface area (Å²) >= 11 is 0. The maximum Gasteiger partial charge on any atom is 0.387 e. The first kappa shape index (κ1) is 17.6. The number of nitrogens with zero attached hydrogens (tertiary/aromatic N) is 1. The molecule has 1 aromatic rings. The molecular formula is C17H19F3N2O3. The number of likely N-dealkylation sites (tertiary alicyclic amines) is 1. The van der Waals surface area contributed by atoms with Crippen LogP contribution in [0.25, 0.3) is 0 Å². The highest BCUT2D eigenvalue weighted by Crippen LogP contribution is 2.33. The molecule has 0 unspecified atom stereocenters. The average molecular weight is 356 g/mol. The second-order valence-corrected chi connectivity index (χ2v) is 6.38. The van der Waals surface area contributed by atoms with Crippen LogP contribution < -0.4 is 10.1 Å². The number of alkyl halides is 2. The van der Waals surface area contributed by atoms with Gasteiger partial charge >= 0.3 is 6.61 Å². The quantitative estimate of drug-likeness (QED) is 0.882. The van der Waals surface area contributed by atoms with Crippen LogP contribution in [-0.2, 0) is 9.59 Å². The number of anilines is 1. The van der Waals surface area contributed by atoms with E-state index in [1.54, 1.807) is 4.90 Å². The third-order valence-corrected chi connectivity index (χ3v) is 4.52. The molecule has 2 amide bonds. The molecule has 0 atom stereocenters. The van der Waals surface area contributed by atoms with Gasteiger partial charge in [0.25, 0.3) is 0 Å². The number of carbonyl (C=O) groups is 2. The molecule has 0 aromatic heterocycles. The number of benzene rings is 1. The van der Waals surface area contributed by atoms with E-state index in [2.05, 4.69) is 10.1 Å². The summed E-state index contributed by atoms with van der Waals surface area (Å²) in [6.07, 6.45) is 2.85. The minimum atomic E-state index is -3.07. The van der Waals surface area contributed by atoms with Crippen molar-refractivity contribution in [3.8, 4) is 5.75 Å². The van der Waals surface area contributed by atoms with Gasteiger partial charge in [0.05, 0.1) is 5.69 Å². The number of ether oxygens (including phenoxy) is 1. The number of amides is 2. The van der Waals surface area contributed by atoms with E-state index in [0.717, 1.165) is 31.0 Å². The van der Waals surface area contributed by atoms with Gasteiger partial charge in [0.2, 0.25) is 11.8 Å². The highest BCUT2D eigenvalue weighted by molar-refractivity contribution is 5.94. The van der Waals surface area contributed by atoms with E-state index >= 15 is 0 Å². The second-order valence-electron chi connectivity index (χ2n) is 6.38. The summed E-state index contributed by atoms with van der Waals surface area (Å²) in [5.74, 6) is -1.40. The average Bonchev–Trinajstić information content (AvgIpc) is 3.41. The molecule has 1 heterocycles. The first-order chi connectivity index (χ1) is 11.9. The molecule has 1 saturated heterocycles. The molecule has 1 aliphatic carbocycles. The standard InChI is InChI=1S/C17H19F3N2O3/c18-12-3-4-14(25-17(19)20)13(9-12)21-15(23)10-5-7-22(8-6-10)16(24)11-1-2-11/h3-4,9-11,17H,1-2,5-8H2,(H,21,23). The number of carbonyl (C=O) groups excluding carboxylic acids is 2. The Morgan fingerprint density at radius 1 is 1.12 bits per heavy atom. The smallest absolute Gasteiger partial charge is 0.387 e. The van der Waals surface area contributed by atoms with Crippen molar-refractivity contribution in [3.63, 3.8) is 0 Å². The van der Waals surface area contributed by atoms with Crippen molar-refractivity contribution >= 4 is 17.5 Å². The molecule has 25 heavy (non-hydrogen) atoms. The summed E-state index contributed by atoms with van der Waals surface area (Å²) < 4.78 is 42.5. The summed E-state index contributed by atoms with van der Waals surface area (Å²) in [4.78, 5) is 26.1. The maximum atomic E-state index is 13.4. The zero-order chi connectivity index (χ0) is 18.0. The number of nitrogens with one attached hydrogen (secondary N) is 1. The molecule has 0 bridgehead atoms. The van der Waals surface area contributed by atoms with E-state index in [9.17, 15) is 22.8 Å². The molecule has 136 valence electrons. The fraction of sp³-hybridized carbons (Fsp3) is 0.529. The Kier molecular flexibility index (Phi) is 5.15. The lowest BCUT2D eigenvalue weighted by molar-refractivity contribution is -0.135. The predicted octanol–water partition coefficient (Wildman–Crippen LogP) is 3.01. The van der Waals surface area contributed by atoms with E-state index in [0.29, 0.717) is 25.9 Å². The van der Waals surface area contributed by atoms with Crippen molar-refractivity contribution in [3.05, 3.63) is 24.0 Å². The van der Waals surface area contributed by atoms with Crippen molar-refractivity contribution in [2.24, 2.45) is 11.8 Å². The molecule has 0 radical (unpaired) electrons. The first-order valence-corrected chi connectivity index (χ1v) is 8.28. The van der Waals surface area contributed by atoms with Gasteiger partial charge in [-0.2, -0.15) is 8.78 Å². The number of piperidine rings is 1. The Morgan fingerprint density at radius 2 is 1.80 bits per heavy atom. The molecule has 5 nitrogen and oxygen atoms in total. The van der Waals surface area contributed by atoms with Crippen LogP contribution in [0.15, 0.2) is 18.2 Å². The second kappa shape index (κ2) is 7.33. The fourth-order valence-corrected chi connectivity index (χ4v) is 2.98. The molecule has 3 rings (SSSR count). The highest BCUT2D eigenvalue weighted by atomic mass is 19.3. The summed E-state index contributed by atoms with van der Waals surface area (Å²) in [6, 6.07) is 2.98. The lowest BCUT2D eigenvalue weighted by Crippen LogP contribution is -2.42. The van der Waals surface area contributed by atoms with Crippen LogP contribution in [0.5, 0.6) is 5.75 Å². The summed E-state index contributed by atoms with van der Waals surface area (Å²) in [5.41, 5.74) is -0.123. The Hall–Kier alpha value is -2.25. The molecule has 8 heteroatoms. The lowest BCUT2D eigenvalue weighted by Gasteiger charge is -2.31. The number of rotatable bonds is 5. The number of halogens is 3. The zero-order valence-electron chi connectivity index (χ0n) is 13.5. The van der Waals surface area contributed by atoms with Gasteiger partial charge in [-0.1, -0.05) is 0 Å². The third kappa shape index (κ3) is 4.43. The van der Waals surface area contributed by atoms with Crippen LogP contribution in [0.2, 0.25) is 0 Å². The number of hydrogen-bond donors (Lipinski definition) is 1. The largest absolute Gasteiger partial charge is 0.433 e. The van der Waals surface area contributed by atoms with Crippen molar-refractivity contribution in [1.82, 2.24) is 4.90 Å². The monoisotopic (exact) mass is 356 g/mol. The van der Waals surface area contributed by atoms with Gasteiger partial charge < -0.3 is 15.0 Å². The van der Waals surface area contributed by atoms with Crippen molar-refractivity contribution in [2.75, 3.05) is 18.4 Å². The first-order valence-electron chi connectivity index (χ1n) is 8.28. The highest BCUT2D eigenvalue weighted by Gasteiger charge is 2.36. The van der Waals surface area contributed by atoms with Gasteiger partial charge in [-0.3, -0.25) is 9.59 Å². The van der Waals surface area contributed by atoms with E-state index in [1.807, 2.05) is 0 Å². The SMILES string of the molecule is O=C(Nc1cc(F)ccc1OC(F)F)C1CCN(C(=O)C2CC2)CC1. The van der Waals surface area contributed by atoms with E-state index < -0.39 is 12.4 Å². The summed E-state index contributed by atoms with van der Waals surface area (Å²) in [5, 5.41) is 2.46. The zero-order valence-corrected chi connectivity index (χ0v) is 13.5. The van der Waals surface area contributed by atoms with E-state index in [1.165, 1.54) is 0 Å². The van der Waals surface area contributed by atoms with Gasteiger partial charge in [0, 0.05) is 31.0 Å². The van der Waals surface area contributed by atoms with Gasteiger partial charge in [0.1, 0.15) is 11.6 Å². The maximum absolute atomic E-state index is 13.4. The molecule has 2 aliphatic rings. The Morgan fingerprint density at radius 3 is 2.40 bits per heavy atom. The van der Waals surface area contributed by atoms with E-state index in [4.69, 9.17) is 0 Å². The molecule has 2 fully saturated rings. The minimum Gasteiger partial charge on any atom is -0.433 e. The van der Waals surface area contributed by atoms with Gasteiger partial charge in [0.15, 0.2) is 0 Å². The van der Waals surface area contributed by atoms with Crippen LogP contribution in [0.1, 0.15) is 25.7 Å². The van der Waals surface area contributed by atoms with Crippen LogP contribution in [0.4, 0.5) is 18.9 Å². The predicted molar refractivity (Wildman–Crippen MR) is 83.7 cm³/mol. The van der Waals surface area contributed by atoms with Crippen molar-refractivity contribution in [1.29, 1.82) is 0 Å². The van der Waals surface area contributed by atoms with Crippen LogP contribution in [0, 0.1) is 17.7 Å². The molecule has 1 aliphatic heterocycles. The van der Waals surface area contributed by atoms with Gasteiger partial charge in [-0.15, -0.1) is 0 Å². The van der Waals surface area contributed by atoms with Crippen LogP contribution >= 0.6 is 0 Å².